The molecule has 1 aromatic heterocycles. The Kier molecular flexibility index (Phi) is 4.84. The van der Waals surface area contributed by atoms with E-state index in [1.54, 1.807) is 10.5 Å². The number of ether oxygens (including phenoxy) is 1. The third-order valence-electron chi connectivity index (χ3n) is 4.68. The van der Waals surface area contributed by atoms with Gasteiger partial charge in [0, 0.05) is 38.1 Å². The normalized spacial score (nSPS) is 27.3. The molecular formula is C15H25N3O3S. The number of hydrogen-bond donors (Lipinski definition) is 0. The Labute approximate surface area is 132 Å². The lowest BCUT2D eigenvalue weighted by Gasteiger charge is -2.28. The molecule has 2 aliphatic heterocycles. The smallest absolute Gasteiger partial charge is 0.216 e. The molecule has 0 aromatic carbocycles. The summed E-state index contributed by atoms with van der Waals surface area (Å²) in [4.78, 5) is 4.21. The molecule has 2 atom stereocenters. The van der Waals surface area contributed by atoms with E-state index >= 15 is 0 Å². The summed E-state index contributed by atoms with van der Waals surface area (Å²) in [5.41, 5.74) is 0. The Morgan fingerprint density at radius 3 is 2.86 bits per heavy atom. The lowest BCUT2D eigenvalue weighted by atomic mass is 10.1. The average molecular weight is 327 g/mol. The summed E-state index contributed by atoms with van der Waals surface area (Å²) in [5.74, 6) is 1.06. The van der Waals surface area contributed by atoms with Crippen LogP contribution in [0.15, 0.2) is 12.4 Å². The molecule has 22 heavy (non-hydrogen) atoms. The van der Waals surface area contributed by atoms with Crippen molar-refractivity contribution in [1.82, 2.24) is 13.9 Å². The van der Waals surface area contributed by atoms with Gasteiger partial charge in [-0.2, -0.15) is 4.31 Å². The predicted molar refractivity (Wildman–Crippen MR) is 84.1 cm³/mol. The van der Waals surface area contributed by atoms with Crippen LogP contribution < -0.4 is 0 Å². The summed E-state index contributed by atoms with van der Waals surface area (Å²) in [6, 6.07) is 0.0430. The molecule has 2 saturated heterocycles. The first-order chi connectivity index (χ1) is 10.6. The van der Waals surface area contributed by atoms with E-state index in [1.807, 2.05) is 17.7 Å². The van der Waals surface area contributed by atoms with Gasteiger partial charge in [-0.15, -0.1) is 0 Å². The van der Waals surface area contributed by atoms with Gasteiger partial charge in [-0.3, -0.25) is 0 Å². The molecule has 0 N–H and O–H groups in total. The minimum Gasteiger partial charge on any atom is -0.377 e. The van der Waals surface area contributed by atoms with Gasteiger partial charge < -0.3 is 9.30 Å². The summed E-state index contributed by atoms with van der Waals surface area (Å²) in [6.07, 6.45) is 8.38. The minimum atomic E-state index is -3.25. The molecular weight excluding hydrogens is 302 g/mol. The van der Waals surface area contributed by atoms with Crippen LogP contribution in [0, 0.1) is 6.92 Å². The van der Waals surface area contributed by atoms with E-state index in [0.717, 1.165) is 37.9 Å². The number of imidazole rings is 1. The zero-order valence-corrected chi connectivity index (χ0v) is 14.0. The fourth-order valence-corrected chi connectivity index (χ4v) is 5.41. The van der Waals surface area contributed by atoms with E-state index in [9.17, 15) is 8.42 Å². The average Bonchev–Trinajstić information content (AvgIpc) is 3.10. The molecule has 1 aromatic rings. The first-order valence-electron chi connectivity index (χ1n) is 8.15. The summed E-state index contributed by atoms with van der Waals surface area (Å²) in [7, 11) is -3.25. The van der Waals surface area contributed by atoms with Crippen molar-refractivity contribution in [3.8, 4) is 0 Å². The van der Waals surface area contributed by atoms with Crippen molar-refractivity contribution in [2.24, 2.45) is 0 Å². The molecule has 7 heteroatoms. The highest BCUT2D eigenvalue weighted by atomic mass is 32.2. The van der Waals surface area contributed by atoms with Gasteiger partial charge in [0.25, 0.3) is 0 Å². The van der Waals surface area contributed by atoms with Crippen LogP contribution in [0.3, 0.4) is 0 Å². The zero-order chi connectivity index (χ0) is 15.6. The van der Waals surface area contributed by atoms with Crippen molar-refractivity contribution >= 4 is 10.0 Å². The fourth-order valence-electron chi connectivity index (χ4n) is 3.45. The van der Waals surface area contributed by atoms with Crippen LogP contribution in [-0.4, -0.2) is 53.3 Å². The molecule has 0 bridgehead atoms. The van der Waals surface area contributed by atoms with Crippen molar-refractivity contribution in [3.05, 3.63) is 18.2 Å². The van der Waals surface area contributed by atoms with Gasteiger partial charge in [-0.05, 0) is 39.0 Å². The molecule has 0 spiro atoms. The van der Waals surface area contributed by atoms with E-state index in [0.29, 0.717) is 19.7 Å². The first kappa shape index (κ1) is 16.0. The Morgan fingerprint density at radius 1 is 1.32 bits per heavy atom. The number of aromatic nitrogens is 2. The Bertz CT molecular complexity index is 593. The molecule has 2 unspecified atom stereocenters. The molecule has 0 aliphatic carbocycles. The highest BCUT2D eigenvalue weighted by molar-refractivity contribution is 7.89. The number of hydrogen-bond acceptors (Lipinski definition) is 4. The van der Waals surface area contributed by atoms with E-state index in [-0.39, 0.29) is 17.9 Å². The first-order valence-corrected chi connectivity index (χ1v) is 9.76. The molecule has 3 rings (SSSR count). The molecule has 0 amide bonds. The second-order valence-corrected chi connectivity index (χ2v) is 8.27. The van der Waals surface area contributed by atoms with Crippen LogP contribution in [0.1, 0.15) is 37.9 Å². The minimum absolute atomic E-state index is 0.0430. The van der Waals surface area contributed by atoms with E-state index < -0.39 is 10.0 Å². The summed E-state index contributed by atoms with van der Waals surface area (Å²) in [5, 5.41) is 0. The van der Waals surface area contributed by atoms with Crippen LogP contribution in [0.2, 0.25) is 0 Å². The monoisotopic (exact) mass is 327 g/mol. The fraction of sp³-hybridized carbons (Fsp3) is 0.800. The highest BCUT2D eigenvalue weighted by Gasteiger charge is 2.36. The summed E-state index contributed by atoms with van der Waals surface area (Å²) >= 11 is 0. The molecule has 124 valence electrons. The van der Waals surface area contributed by atoms with Crippen LogP contribution >= 0.6 is 0 Å². The second-order valence-electron chi connectivity index (χ2n) is 6.30. The van der Waals surface area contributed by atoms with Gasteiger partial charge in [-0.1, -0.05) is 0 Å². The number of rotatable bonds is 5. The van der Waals surface area contributed by atoms with Gasteiger partial charge >= 0.3 is 0 Å². The summed E-state index contributed by atoms with van der Waals surface area (Å²) < 4.78 is 34.8. The number of sulfonamides is 1. The third kappa shape index (κ3) is 3.52. The van der Waals surface area contributed by atoms with E-state index in [1.165, 1.54) is 0 Å². The van der Waals surface area contributed by atoms with Gasteiger partial charge in [0.1, 0.15) is 5.82 Å². The lowest BCUT2D eigenvalue weighted by molar-refractivity contribution is 0.0298. The predicted octanol–water partition coefficient (Wildman–Crippen LogP) is 1.55. The molecule has 0 saturated carbocycles. The maximum atomic E-state index is 12.7. The second kappa shape index (κ2) is 6.68. The van der Waals surface area contributed by atoms with Crippen molar-refractivity contribution in [2.75, 3.05) is 18.9 Å². The highest BCUT2D eigenvalue weighted by Crippen LogP contribution is 2.25. The van der Waals surface area contributed by atoms with Crippen LogP contribution in [0.25, 0.3) is 0 Å². The topological polar surface area (TPSA) is 64.4 Å². The quantitative estimate of drug-likeness (QED) is 0.823. The van der Waals surface area contributed by atoms with Gasteiger partial charge in [-0.25, -0.2) is 13.4 Å². The van der Waals surface area contributed by atoms with Crippen molar-refractivity contribution in [2.45, 2.75) is 57.7 Å². The molecule has 2 aliphatic rings. The Balaban J connectivity index is 1.67. The van der Waals surface area contributed by atoms with E-state index in [4.69, 9.17) is 4.74 Å². The molecule has 2 fully saturated rings. The largest absolute Gasteiger partial charge is 0.377 e. The molecule has 6 nitrogen and oxygen atoms in total. The zero-order valence-electron chi connectivity index (χ0n) is 13.1. The summed E-state index contributed by atoms with van der Waals surface area (Å²) in [6.45, 7) is 3.96. The van der Waals surface area contributed by atoms with Gasteiger partial charge in [0.05, 0.1) is 11.9 Å². The van der Waals surface area contributed by atoms with Crippen molar-refractivity contribution in [3.63, 3.8) is 0 Å². The van der Waals surface area contributed by atoms with Gasteiger partial charge in [0.2, 0.25) is 10.0 Å². The maximum absolute atomic E-state index is 12.7. The van der Waals surface area contributed by atoms with Crippen LogP contribution in [0.4, 0.5) is 0 Å². The lowest BCUT2D eigenvalue weighted by Crippen LogP contribution is -2.42. The maximum Gasteiger partial charge on any atom is 0.216 e. The van der Waals surface area contributed by atoms with Crippen LogP contribution in [0.5, 0.6) is 0 Å². The van der Waals surface area contributed by atoms with Crippen molar-refractivity contribution < 1.29 is 13.2 Å². The van der Waals surface area contributed by atoms with Crippen molar-refractivity contribution in [1.29, 1.82) is 0 Å². The van der Waals surface area contributed by atoms with Gasteiger partial charge in [0.15, 0.2) is 0 Å². The Hall–Kier alpha value is -0.920. The molecule has 3 heterocycles. The number of aryl methyl sites for hydroxylation is 1. The van der Waals surface area contributed by atoms with E-state index in [2.05, 4.69) is 4.98 Å². The Morgan fingerprint density at radius 2 is 2.18 bits per heavy atom. The number of nitrogens with zero attached hydrogens (tertiary/aromatic N) is 3. The molecule has 0 radical (unpaired) electrons. The third-order valence-corrected chi connectivity index (χ3v) is 6.67. The van der Waals surface area contributed by atoms with Crippen LogP contribution in [-0.2, 0) is 21.3 Å². The SMILES string of the molecule is Cc1nccn1CC1CCCN1S(=O)(=O)CC1CCCCO1. The standard InChI is InChI=1S/C15H25N3O3S/c1-13-16-7-9-17(13)11-14-5-4-8-18(14)22(19,20)12-15-6-2-3-10-21-15/h7,9,14-15H,2-6,8,10-12H2,1H3.